The highest BCUT2D eigenvalue weighted by atomic mass is 16.3. The minimum atomic E-state index is -0.0318. The van der Waals surface area contributed by atoms with Crippen LogP contribution in [0.3, 0.4) is 0 Å². The SMILES string of the molecule is O=C1CC2CC1C1C3CC(O)C(C3)C21. The first kappa shape index (κ1) is 7.86. The van der Waals surface area contributed by atoms with Crippen LogP contribution in [-0.4, -0.2) is 17.0 Å². The third kappa shape index (κ3) is 0.690. The van der Waals surface area contributed by atoms with Crippen molar-refractivity contribution >= 4 is 5.78 Å². The molecule has 4 bridgehead atoms. The first-order chi connectivity index (χ1) is 6.75. The van der Waals surface area contributed by atoms with Crippen molar-refractivity contribution in [3.05, 3.63) is 0 Å². The zero-order valence-corrected chi connectivity index (χ0v) is 8.23. The Kier molecular flexibility index (Phi) is 1.26. The molecule has 0 aromatic rings. The first-order valence-corrected chi connectivity index (χ1v) is 5.96. The van der Waals surface area contributed by atoms with E-state index < -0.39 is 0 Å². The van der Waals surface area contributed by atoms with Crippen LogP contribution in [0.2, 0.25) is 0 Å². The second kappa shape index (κ2) is 2.24. The van der Waals surface area contributed by atoms with E-state index in [0.717, 1.165) is 25.2 Å². The number of rotatable bonds is 0. The third-order valence-corrected chi connectivity index (χ3v) is 5.54. The standard InChI is InChI=1S/C12H16O2/c13-9-3-5-1-7(9)12-6-2-8(11(5)12)10(14)4-6/h5-9,11-13H,1-4H2. The van der Waals surface area contributed by atoms with Gasteiger partial charge in [0.2, 0.25) is 0 Å². The van der Waals surface area contributed by atoms with Crippen LogP contribution in [0.4, 0.5) is 0 Å². The summed E-state index contributed by atoms with van der Waals surface area (Å²) in [6, 6.07) is 0. The maximum absolute atomic E-state index is 11.7. The van der Waals surface area contributed by atoms with E-state index in [1.54, 1.807) is 0 Å². The second-order valence-corrected chi connectivity index (χ2v) is 5.89. The fourth-order valence-corrected chi connectivity index (χ4v) is 5.29. The smallest absolute Gasteiger partial charge is 0.136 e. The van der Waals surface area contributed by atoms with Crippen LogP contribution < -0.4 is 0 Å². The summed E-state index contributed by atoms with van der Waals surface area (Å²) in [4.78, 5) is 11.7. The predicted octanol–water partition coefficient (Wildman–Crippen LogP) is 1.23. The molecule has 0 amide bonds. The summed E-state index contributed by atoms with van der Waals surface area (Å²) in [6.45, 7) is 0. The van der Waals surface area contributed by atoms with Crippen molar-refractivity contribution < 1.29 is 9.90 Å². The van der Waals surface area contributed by atoms with Gasteiger partial charge in [-0.3, -0.25) is 4.79 Å². The van der Waals surface area contributed by atoms with Gasteiger partial charge in [-0.15, -0.1) is 0 Å². The van der Waals surface area contributed by atoms with Crippen molar-refractivity contribution in [1.82, 2.24) is 0 Å². The lowest BCUT2D eigenvalue weighted by Crippen LogP contribution is -2.37. The molecule has 0 saturated heterocycles. The number of hydrogen-bond acceptors (Lipinski definition) is 2. The molecule has 0 radical (unpaired) electrons. The Morgan fingerprint density at radius 2 is 1.93 bits per heavy atom. The van der Waals surface area contributed by atoms with Crippen LogP contribution in [-0.2, 0) is 4.79 Å². The molecule has 4 fully saturated rings. The molecule has 14 heavy (non-hydrogen) atoms. The Morgan fingerprint density at radius 3 is 2.79 bits per heavy atom. The number of Topliss-reactive ketones (excluding diaryl/α,β-unsaturated/α-hetero) is 1. The van der Waals surface area contributed by atoms with Crippen LogP contribution in [0.25, 0.3) is 0 Å². The molecule has 0 aromatic heterocycles. The van der Waals surface area contributed by atoms with Crippen molar-refractivity contribution in [2.45, 2.75) is 31.8 Å². The van der Waals surface area contributed by atoms with Gasteiger partial charge >= 0.3 is 0 Å². The van der Waals surface area contributed by atoms with Gasteiger partial charge in [-0.1, -0.05) is 0 Å². The van der Waals surface area contributed by atoms with Crippen LogP contribution in [0.15, 0.2) is 0 Å². The Balaban J connectivity index is 1.75. The van der Waals surface area contributed by atoms with E-state index in [1.165, 1.54) is 6.42 Å². The van der Waals surface area contributed by atoms with E-state index in [-0.39, 0.29) is 6.10 Å². The second-order valence-electron chi connectivity index (χ2n) is 5.89. The Hall–Kier alpha value is -0.370. The summed E-state index contributed by atoms with van der Waals surface area (Å²) >= 11 is 0. The Bertz CT molecular complexity index is 311. The van der Waals surface area contributed by atoms with E-state index in [0.29, 0.717) is 35.4 Å². The molecular weight excluding hydrogens is 176 g/mol. The van der Waals surface area contributed by atoms with Gasteiger partial charge in [0, 0.05) is 12.3 Å². The lowest BCUT2D eigenvalue weighted by Gasteiger charge is -2.36. The number of aliphatic hydroxyl groups excluding tert-OH is 1. The average Bonchev–Trinajstić information content (AvgIpc) is 2.78. The number of carbonyl (C=O) groups excluding carboxylic acids is 1. The largest absolute Gasteiger partial charge is 0.393 e. The maximum atomic E-state index is 11.7. The minimum Gasteiger partial charge on any atom is -0.393 e. The molecule has 76 valence electrons. The molecule has 1 N–H and O–H groups in total. The normalized spacial score (nSPS) is 63.8. The Morgan fingerprint density at radius 1 is 1.07 bits per heavy atom. The van der Waals surface area contributed by atoms with Gasteiger partial charge in [0.15, 0.2) is 0 Å². The third-order valence-electron chi connectivity index (χ3n) is 5.54. The van der Waals surface area contributed by atoms with Gasteiger partial charge in [-0.25, -0.2) is 0 Å². The van der Waals surface area contributed by atoms with Crippen molar-refractivity contribution in [2.24, 2.45) is 35.5 Å². The van der Waals surface area contributed by atoms with E-state index in [9.17, 15) is 9.90 Å². The van der Waals surface area contributed by atoms with Gasteiger partial charge in [0.25, 0.3) is 0 Å². The van der Waals surface area contributed by atoms with Crippen LogP contribution in [0.1, 0.15) is 25.7 Å². The lowest BCUT2D eigenvalue weighted by atomic mass is 9.70. The number of carbonyl (C=O) groups is 1. The van der Waals surface area contributed by atoms with Gasteiger partial charge in [-0.2, -0.15) is 0 Å². The quantitative estimate of drug-likeness (QED) is 0.586. The zero-order valence-electron chi connectivity index (χ0n) is 8.23. The lowest BCUT2D eigenvalue weighted by molar-refractivity contribution is -0.126. The highest BCUT2D eigenvalue weighted by molar-refractivity contribution is 5.85. The summed E-state index contributed by atoms with van der Waals surface area (Å²) < 4.78 is 0. The van der Waals surface area contributed by atoms with Gasteiger partial charge in [0.05, 0.1) is 6.10 Å². The molecule has 0 aromatic carbocycles. The summed E-state index contributed by atoms with van der Waals surface area (Å²) in [5.41, 5.74) is 0. The van der Waals surface area contributed by atoms with E-state index in [4.69, 9.17) is 0 Å². The van der Waals surface area contributed by atoms with Crippen molar-refractivity contribution in [3.63, 3.8) is 0 Å². The molecule has 4 aliphatic carbocycles. The van der Waals surface area contributed by atoms with E-state index in [1.807, 2.05) is 0 Å². The number of fused-ring (bicyclic) bond motifs is 9. The number of hydrogen-bond donors (Lipinski definition) is 1. The van der Waals surface area contributed by atoms with Gasteiger partial charge < -0.3 is 5.11 Å². The topological polar surface area (TPSA) is 37.3 Å². The fraction of sp³-hybridized carbons (Fsp3) is 0.917. The Labute approximate surface area is 83.7 Å². The highest BCUT2D eigenvalue weighted by Crippen LogP contribution is 2.66. The zero-order chi connectivity index (χ0) is 9.45. The molecule has 0 aliphatic heterocycles. The molecule has 2 heteroatoms. The van der Waals surface area contributed by atoms with Crippen LogP contribution in [0, 0.1) is 35.5 Å². The van der Waals surface area contributed by atoms with E-state index in [2.05, 4.69) is 0 Å². The summed E-state index contributed by atoms with van der Waals surface area (Å²) in [5, 5.41) is 9.88. The van der Waals surface area contributed by atoms with Gasteiger partial charge in [-0.05, 0) is 48.9 Å². The average molecular weight is 192 g/mol. The molecule has 0 spiro atoms. The van der Waals surface area contributed by atoms with E-state index >= 15 is 0 Å². The molecule has 2 nitrogen and oxygen atoms in total. The molecule has 4 aliphatic rings. The summed E-state index contributed by atoms with van der Waals surface area (Å²) in [7, 11) is 0. The molecule has 4 saturated carbocycles. The molecule has 7 unspecified atom stereocenters. The minimum absolute atomic E-state index is 0.0318. The predicted molar refractivity (Wildman–Crippen MR) is 50.4 cm³/mol. The molecule has 4 rings (SSSR count). The van der Waals surface area contributed by atoms with Crippen molar-refractivity contribution in [1.29, 1.82) is 0 Å². The van der Waals surface area contributed by atoms with Crippen molar-refractivity contribution in [3.8, 4) is 0 Å². The highest BCUT2D eigenvalue weighted by Gasteiger charge is 2.64. The molecular formula is C12H16O2. The monoisotopic (exact) mass is 192 g/mol. The fourth-order valence-electron chi connectivity index (χ4n) is 5.29. The van der Waals surface area contributed by atoms with Crippen molar-refractivity contribution in [2.75, 3.05) is 0 Å². The summed E-state index contributed by atoms with van der Waals surface area (Å²) in [6.07, 6.45) is 4.17. The van der Waals surface area contributed by atoms with Crippen LogP contribution in [0.5, 0.6) is 0 Å². The van der Waals surface area contributed by atoms with Gasteiger partial charge in [0.1, 0.15) is 5.78 Å². The summed E-state index contributed by atoms with van der Waals surface area (Å²) in [5.74, 6) is 4.28. The maximum Gasteiger partial charge on any atom is 0.136 e. The molecule has 0 heterocycles. The van der Waals surface area contributed by atoms with Crippen LogP contribution >= 0.6 is 0 Å². The number of aliphatic hydroxyl groups is 1. The first-order valence-electron chi connectivity index (χ1n) is 5.96. The number of ketones is 1. The molecule has 7 atom stereocenters.